The predicted molar refractivity (Wildman–Crippen MR) is 115 cm³/mol. The first-order chi connectivity index (χ1) is 15.0. The highest BCUT2D eigenvalue weighted by molar-refractivity contribution is 7.92. The Kier molecular flexibility index (Phi) is 6.73. The fraction of sp³-hybridized carbons (Fsp3) is 0.136. The lowest BCUT2D eigenvalue weighted by molar-refractivity contribution is -0.137. The largest absolute Gasteiger partial charge is 0.489 e. The Morgan fingerprint density at radius 1 is 0.938 bits per heavy atom. The molecule has 0 unspecified atom stereocenters. The van der Waals surface area contributed by atoms with E-state index in [1.807, 2.05) is 18.2 Å². The molecule has 0 aliphatic heterocycles. The first kappa shape index (κ1) is 23.1. The summed E-state index contributed by atoms with van der Waals surface area (Å²) in [6, 6.07) is 17.8. The van der Waals surface area contributed by atoms with E-state index in [1.165, 1.54) is 12.1 Å². The first-order valence-electron chi connectivity index (χ1n) is 9.28. The molecular formula is C22H19F3N2O4S. The maximum absolute atomic E-state index is 13.1. The van der Waals surface area contributed by atoms with Gasteiger partial charge in [-0.1, -0.05) is 30.3 Å². The van der Waals surface area contributed by atoms with Gasteiger partial charge in [-0.05, 0) is 48.0 Å². The Bertz CT molecular complexity index is 1200. The summed E-state index contributed by atoms with van der Waals surface area (Å²) >= 11 is 0. The maximum atomic E-state index is 13.1. The number of alkyl halides is 3. The Hall–Kier alpha value is -3.53. The zero-order chi connectivity index (χ0) is 23.4. The van der Waals surface area contributed by atoms with Gasteiger partial charge in [-0.2, -0.15) is 13.2 Å². The second kappa shape index (κ2) is 9.31. The minimum Gasteiger partial charge on any atom is -0.489 e. The SMILES string of the molecule is CS(=O)(=O)Nc1ccc(C(F)(F)F)cc1NC(=O)c1ccc(COc2ccccc2)cc1. The van der Waals surface area contributed by atoms with Crippen LogP contribution in [-0.4, -0.2) is 20.6 Å². The van der Waals surface area contributed by atoms with Crippen LogP contribution < -0.4 is 14.8 Å². The number of carbonyl (C=O) groups is 1. The number of hydrogen-bond donors (Lipinski definition) is 2. The van der Waals surface area contributed by atoms with Crippen LogP contribution >= 0.6 is 0 Å². The average molecular weight is 464 g/mol. The van der Waals surface area contributed by atoms with Gasteiger partial charge in [0.05, 0.1) is 23.2 Å². The van der Waals surface area contributed by atoms with E-state index < -0.39 is 27.7 Å². The van der Waals surface area contributed by atoms with Crippen molar-refractivity contribution in [1.82, 2.24) is 0 Å². The van der Waals surface area contributed by atoms with Gasteiger partial charge in [-0.3, -0.25) is 9.52 Å². The summed E-state index contributed by atoms with van der Waals surface area (Å²) in [5, 5.41) is 2.34. The molecule has 0 aromatic heterocycles. The van der Waals surface area contributed by atoms with Crippen LogP contribution in [0.3, 0.4) is 0 Å². The number of amides is 1. The van der Waals surface area contributed by atoms with Crippen LogP contribution in [0.1, 0.15) is 21.5 Å². The van der Waals surface area contributed by atoms with Gasteiger partial charge in [0.15, 0.2) is 0 Å². The number of para-hydroxylation sites is 1. The normalized spacial score (nSPS) is 11.6. The van der Waals surface area contributed by atoms with Crippen LogP contribution in [0, 0.1) is 0 Å². The maximum Gasteiger partial charge on any atom is 0.416 e. The topological polar surface area (TPSA) is 84.5 Å². The Morgan fingerprint density at radius 2 is 1.59 bits per heavy atom. The van der Waals surface area contributed by atoms with Crippen molar-refractivity contribution in [1.29, 1.82) is 0 Å². The number of rotatable bonds is 7. The number of sulfonamides is 1. The second-order valence-corrected chi connectivity index (χ2v) is 8.63. The summed E-state index contributed by atoms with van der Waals surface area (Å²) in [5.41, 5.74) is -0.561. The van der Waals surface area contributed by atoms with E-state index in [-0.39, 0.29) is 23.5 Å². The fourth-order valence-corrected chi connectivity index (χ4v) is 3.32. The Balaban J connectivity index is 1.76. The number of carbonyl (C=O) groups excluding carboxylic acids is 1. The molecule has 168 valence electrons. The first-order valence-corrected chi connectivity index (χ1v) is 11.2. The zero-order valence-electron chi connectivity index (χ0n) is 16.8. The summed E-state index contributed by atoms with van der Waals surface area (Å²) in [6.45, 7) is 0.266. The monoisotopic (exact) mass is 464 g/mol. The quantitative estimate of drug-likeness (QED) is 0.521. The van der Waals surface area contributed by atoms with Crippen molar-refractivity contribution in [3.05, 3.63) is 89.5 Å². The molecule has 0 aliphatic rings. The van der Waals surface area contributed by atoms with Gasteiger partial charge >= 0.3 is 6.18 Å². The molecule has 3 rings (SSSR count). The van der Waals surface area contributed by atoms with E-state index in [0.29, 0.717) is 11.8 Å². The third kappa shape index (κ3) is 6.48. The molecule has 32 heavy (non-hydrogen) atoms. The Morgan fingerprint density at radius 3 is 2.19 bits per heavy atom. The third-order valence-corrected chi connectivity index (χ3v) is 4.85. The predicted octanol–water partition coefficient (Wildman–Crippen LogP) is 4.91. The molecule has 3 aromatic carbocycles. The van der Waals surface area contributed by atoms with Gasteiger partial charge in [0, 0.05) is 5.56 Å². The summed E-state index contributed by atoms with van der Waals surface area (Å²) in [7, 11) is -3.78. The number of hydrogen-bond acceptors (Lipinski definition) is 4. The summed E-state index contributed by atoms with van der Waals surface area (Å²) in [6.07, 6.45) is -3.81. The minimum absolute atomic E-state index is 0.177. The van der Waals surface area contributed by atoms with E-state index in [2.05, 4.69) is 10.0 Å². The minimum atomic E-state index is -4.66. The lowest BCUT2D eigenvalue weighted by Gasteiger charge is -2.15. The fourth-order valence-electron chi connectivity index (χ4n) is 2.74. The van der Waals surface area contributed by atoms with E-state index in [0.717, 1.165) is 24.0 Å². The van der Waals surface area contributed by atoms with Gasteiger partial charge in [0.1, 0.15) is 12.4 Å². The van der Waals surface area contributed by atoms with Crippen LogP contribution in [-0.2, 0) is 22.8 Å². The van der Waals surface area contributed by atoms with E-state index in [4.69, 9.17) is 4.74 Å². The zero-order valence-corrected chi connectivity index (χ0v) is 17.6. The molecule has 2 N–H and O–H groups in total. The van der Waals surface area contributed by atoms with Gasteiger partial charge in [0.25, 0.3) is 5.91 Å². The Labute approximate surface area is 183 Å². The lowest BCUT2D eigenvalue weighted by atomic mass is 10.1. The molecule has 0 spiro atoms. The van der Waals surface area contributed by atoms with Crippen molar-refractivity contribution in [2.75, 3.05) is 16.3 Å². The molecule has 0 saturated carbocycles. The molecule has 0 bridgehead atoms. The standard InChI is InChI=1S/C22H19F3N2O4S/c1-32(29,30)27-19-12-11-17(22(23,24)25)13-20(19)26-21(28)16-9-7-15(8-10-16)14-31-18-5-3-2-4-6-18/h2-13,27H,14H2,1H3,(H,26,28). The number of anilines is 2. The smallest absolute Gasteiger partial charge is 0.416 e. The summed E-state index contributed by atoms with van der Waals surface area (Å²) in [5.74, 6) is -0.0128. The van der Waals surface area contributed by atoms with Crippen molar-refractivity contribution < 1.29 is 31.1 Å². The van der Waals surface area contributed by atoms with Crippen molar-refractivity contribution in [2.45, 2.75) is 12.8 Å². The van der Waals surface area contributed by atoms with Crippen LogP contribution in [0.4, 0.5) is 24.5 Å². The highest BCUT2D eigenvalue weighted by atomic mass is 32.2. The molecule has 10 heteroatoms. The van der Waals surface area contributed by atoms with E-state index >= 15 is 0 Å². The third-order valence-electron chi connectivity index (χ3n) is 4.26. The number of ether oxygens (including phenoxy) is 1. The molecule has 0 fully saturated rings. The second-order valence-electron chi connectivity index (χ2n) is 6.89. The molecule has 0 saturated heterocycles. The van der Waals surface area contributed by atoms with Crippen molar-refractivity contribution in [3.63, 3.8) is 0 Å². The van der Waals surface area contributed by atoms with Crippen molar-refractivity contribution in [2.24, 2.45) is 0 Å². The van der Waals surface area contributed by atoms with Crippen LogP contribution in [0.15, 0.2) is 72.8 Å². The lowest BCUT2D eigenvalue weighted by Crippen LogP contribution is -2.17. The van der Waals surface area contributed by atoms with Crippen LogP contribution in [0.5, 0.6) is 5.75 Å². The highest BCUT2D eigenvalue weighted by Gasteiger charge is 2.31. The number of nitrogens with one attached hydrogen (secondary N) is 2. The van der Waals surface area contributed by atoms with Crippen molar-refractivity contribution in [3.8, 4) is 5.75 Å². The molecular weight excluding hydrogens is 445 g/mol. The highest BCUT2D eigenvalue weighted by Crippen LogP contribution is 2.34. The summed E-state index contributed by atoms with van der Waals surface area (Å²) < 4.78 is 70.0. The molecule has 6 nitrogen and oxygen atoms in total. The molecule has 0 atom stereocenters. The van der Waals surface area contributed by atoms with E-state index in [9.17, 15) is 26.4 Å². The molecule has 0 heterocycles. The van der Waals surface area contributed by atoms with Crippen molar-refractivity contribution >= 4 is 27.3 Å². The molecule has 0 aliphatic carbocycles. The summed E-state index contributed by atoms with van der Waals surface area (Å²) in [4.78, 5) is 12.6. The number of halogens is 3. The van der Waals surface area contributed by atoms with Gasteiger partial charge in [-0.25, -0.2) is 8.42 Å². The van der Waals surface area contributed by atoms with Gasteiger partial charge < -0.3 is 10.1 Å². The molecule has 0 radical (unpaired) electrons. The number of benzene rings is 3. The van der Waals surface area contributed by atoms with Crippen LogP contribution in [0.25, 0.3) is 0 Å². The van der Waals surface area contributed by atoms with Gasteiger partial charge in [-0.15, -0.1) is 0 Å². The molecule has 1 amide bonds. The van der Waals surface area contributed by atoms with Crippen LogP contribution in [0.2, 0.25) is 0 Å². The molecule has 3 aromatic rings. The van der Waals surface area contributed by atoms with Gasteiger partial charge in [0.2, 0.25) is 10.0 Å². The average Bonchev–Trinajstić information content (AvgIpc) is 2.73. The van der Waals surface area contributed by atoms with E-state index in [1.54, 1.807) is 24.3 Å².